The van der Waals surface area contributed by atoms with Gasteiger partial charge in [-0.25, -0.2) is 4.39 Å². The summed E-state index contributed by atoms with van der Waals surface area (Å²) in [5, 5.41) is 3.48. The van der Waals surface area contributed by atoms with Gasteiger partial charge in [-0.1, -0.05) is 12.1 Å². The van der Waals surface area contributed by atoms with Gasteiger partial charge in [0, 0.05) is 32.3 Å². The lowest BCUT2D eigenvalue weighted by molar-refractivity contribution is 0.108. The van der Waals surface area contributed by atoms with Crippen LogP contribution in [0.2, 0.25) is 0 Å². The third-order valence-electron chi connectivity index (χ3n) is 3.93. The highest BCUT2D eigenvalue weighted by Crippen LogP contribution is 2.11. The minimum Gasteiger partial charge on any atom is -0.377 e. The highest BCUT2D eigenvalue weighted by Gasteiger charge is 2.16. The van der Waals surface area contributed by atoms with E-state index in [1.54, 1.807) is 0 Å². The normalized spacial score (nSPS) is 20.5. The Kier molecular flexibility index (Phi) is 5.95. The topological polar surface area (TPSA) is 24.5 Å². The summed E-state index contributed by atoms with van der Waals surface area (Å²) in [4.78, 5) is 2.27. The van der Waals surface area contributed by atoms with Crippen LogP contribution in [0, 0.1) is 5.82 Å². The number of halogens is 1. The molecule has 1 N–H and O–H groups in total. The van der Waals surface area contributed by atoms with Crippen LogP contribution in [0.15, 0.2) is 24.3 Å². The lowest BCUT2D eigenvalue weighted by Gasteiger charge is -2.25. The van der Waals surface area contributed by atoms with Crippen LogP contribution in [0.5, 0.6) is 0 Å². The van der Waals surface area contributed by atoms with Gasteiger partial charge in [-0.2, -0.15) is 0 Å². The van der Waals surface area contributed by atoms with E-state index in [0.717, 1.165) is 31.8 Å². The SMILES string of the molecule is CC(CNCC1CCCO1)N(C)Cc1ccc(F)cc1. The average molecular weight is 280 g/mol. The Bertz CT molecular complexity index is 390. The number of likely N-dealkylation sites (N-methyl/N-ethyl adjacent to an activating group) is 1. The maximum atomic E-state index is 12.9. The van der Waals surface area contributed by atoms with Crippen LogP contribution < -0.4 is 5.32 Å². The first-order chi connectivity index (χ1) is 9.65. The molecule has 1 aliphatic heterocycles. The Hall–Kier alpha value is -0.970. The van der Waals surface area contributed by atoms with Gasteiger partial charge in [0.05, 0.1) is 6.10 Å². The molecule has 1 fully saturated rings. The number of benzene rings is 1. The molecule has 1 aromatic carbocycles. The quantitative estimate of drug-likeness (QED) is 0.830. The van der Waals surface area contributed by atoms with Crippen LogP contribution in [-0.2, 0) is 11.3 Å². The van der Waals surface area contributed by atoms with E-state index in [1.807, 2.05) is 12.1 Å². The lowest BCUT2D eigenvalue weighted by atomic mass is 10.2. The Balaban J connectivity index is 1.68. The number of rotatable bonds is 7. The van der Waals surface area contributed by atoms with Crippen molar-refractivity contribution in [1.82, 2.24) is 10.2 Å². The highest BCUT2D eigenvalue weighted by atomic mass is 19.1. The average Bonchev–Trinajstić information content (AvgIpc) is 2.94. The number of ether oxygens (including phenoxy) is 1. The van der Waals surface area contributed by atoms with Crippen molar-refractivity contribution in [2.24, 2.45) is 0 Å². The molecule has 0 aliphatic carbocycles. The Morgan fingerprint density at radius 3 is 2.80 bits per heavy atom. The molecule has 3 nitrogen and oxygen atoms in total. The van der Waals surface area contributed by atoms with Crippen LogP contribution in [0.1, 0.15) is 25.3 Å². The molecule has 0 radical (unpaired) electrons. The summed E-state index contributed by atoms with van der Waals surface area (Å²) in [7, 11) is 2.10. The van der Waals surface area contributed by atoms with Crippen molar-refractivity contribution in [3.63, 3.8) is 0 Å². The molecule has 1 aliphatic rings. The molecular weight excluding hydrogens is 255 g/mol. The summed E-state index contributed by atoms with van der Waals surface area (Å²) < 4.78 is 18.5. The maximum absolute atomic E-state index is 12.9. The first kappa shape index (κ1) is 15.4. The molecule has 1 saturated heterocycles. The summed E-state index contributed by atoms with van der Waals surface area (Å²) in [5.41, 5.74) is 1.14. The summed E-state index contributed by atoms with van der Waals surface area (Å²) in [6.07, 6.45) is 2.75. The second kappa shape index (κ2) is 7.72. The number of hydrogen-bond acceptors (Lipinski definition) is 3. The van der Waals surface area contributed by atoms with Crippen molar-refractivity contribution in [1.29, 1.82) is 0 Å². The maximum Gasteiger partial charge on any atom is 0.123 e. The zero-order valence-electron chi connectivity index (χ0n) is 12.4. The number of nitrogens with one attached hydrogen (secondary N) is 1. The standard InChI is InChI=1S/C16H25FN2O/c1-13(10-18-11-16-4-3-9-20-16)19(2)12-14-5-7-15(17)8-6-14/h5-8,13,16,18H,3-4,9-12H2,1-2H3. The van der Waals surface area contributed by atoms with E-state index in [0.29, 0.717) is 12.1 Å². The Labute approximate surface area is 121 Å². The Morgan fingerprint density at radius 2 is 2.15 bits per heavy atom. The van der Waals surface area contributed by atoms with Crippen molar-refractivity contribution in [3.8, 4) is 0 Å². The van der Waals surface area contributed by atoms with Crippen molar-refractivity contribution in [2.75, 3.05) is 26.7 Å². The molecule has 0 amide bonds. The van der Waals surface area contributed by atoms with E-state index in [1.165, 1.54) is 25.0 Å². The van der Waals surface area contributed by atoms with Gasteiger partial charge in [0.1, 0.15) is 5.82 Å². The van der Waals surface area contributed by atoms with Gasteiger partial charge in [0.2, 0.25) is 0 Å². The molecule has 4 heteroatoms. The van der Waals surface area contributed by atoms with E-state index in [9.17, 15) is 4.39 Å². The van der Waals surface area contributed by atoms with Gasteiger partial charge in [-0.15, -0.1) is 0 Å². The highest BCUT2D eigenvalue weighted by molar-refractivity contribution is 5.15. The third-order valence-corrected chi connectivity index (χ3v) is 3.93. The van der Waals surface area contributed by atoms with Crippen LogP contribution in [-0.4, -0.2) is 43.8 Å². The summed E-state index contributed by atoms with van der Waals surface area (Å²) in [5.74, 6) is -0.178. The molecule has 20 heavy (non-hydrogen) atoms. The summed E-state index contributed by atoms with van der Waals surface area (Å²) >= 11 is 0. The molecule has 0 bridgehead atoms. The molecule has 1 aromatic rings. The van der Waals surface area contributed by atoms with Gasteiger partial charge >= 0.3 is 0 Å². The van der Waals surface area contributed by atoms with Gasteiger partial charge in [0.15, 0.2) is 0 Å². The molecule has 1 heterocycles. The van der Waals surface area contributed by atoms with Crippen LogP contribution in [0.25, 0.3) is 0 Å². The van der Waals surface area contributed by atoms with E-state index in [-0.39, 0.29) is 5.82 Å². The summed E-state index contributed by atoms with van der Waals surface area (Å²) in [6.45, 7) is 5.83. The van der Waals surface area contributed by atoms with Gasteiger partial charge in [-0.3, -0.25) is 4.90 Å². The first-order valence-electron chi connectivity index (χ1n) is 7.42. The van der Waals surface area contributed by atoms with E-state index in [2.05, 4.69) is 24.2 Å². The van der Waals surface area contributed by atoms with E-state index < -0.39 is 0 Å². The van der Waals surface area contributed by atoms with E-state index >= 15 is 0 Å². The monoisotopic (exact) mass is 280 g/mol. The van der Waals surface area contributed by atoms with Gasteiger partial charge < -0.3 is 10.1 Å². The Morgan fingerprint density at radius 1 is 1.40 bits per heavy atom. The predicted molar refractivity (Wildman–Crippen MR) is 79.2 cm³/mol. The largest absolute Gasteiger partial charge is 0.377 e. The van der Waals surface area contributed by atoms with Gasteiger partial charge in [-0.05, 0) is 44.5 Å². The van der Waals surface area contributed by atoms with Crippen LogP contribution in [0.4, 0.5) is 4.39 Å². The second-order valence-electron chi connectivity index (χ2n) is 5.68. The van der Waals surface area contributed by atoms with Crippen LogP contribution >= 0.6 is 0 Å². The fourth-order valence-corrected chi connectivity index (χ4v) is 2.45. The predicted octanol–water partition coefficient (Wildman–Crippen LogP) is 2.41. The fourth-order valence-electron chi connectivity index (χ4n) is 2.45. The molecule has 0 aromatic heterocycles. The third kappa shape index (κ3) is 4.85. The lowest BCUT2D eigenvalue weighted by Crippen LogP contribution is -2.39. The van der Waals surface area contributed by atoms with Crippen molar-refractivity contribution < 1.29 is 9.13 Å². The fraction of sp³-hybridized carbons (Fsp3) is 0.625. The molecule has 0 saturated carbocycles. The van der Waals surface area contributed by atoms with E-state index in [4.69, 9.17) is 4.74 Å². The number of hydrogen-bond donors (Lipinski definition) is 1. The number of nitrogens with zero attached hydrogens (tertiary/aromatic N) is 1. The van der Waals surface area contributed by atoms with Crippen molar-refractivity contribution in [2.45, 2.75) is 38.5 Å². The van der Waals surface area contributed by atoms with Crippen molar-refractivity contribution in [3.05, 3.63) is 35.6 Å². The molecule has 2 rings (SSSR count). The van der Waals surface area contributed by atoms with Crippen LogP contribution in [0.3, 0.4) is 0 Å². The zero-order chi connectivity index (χ0) is 14.4. The molecule has 0 spiro atoms. The molecular formula is C16H25FN2O. The minimum atomic E-state index is -0.178. The molecule has 112 valence electrons. The first-order valence-corrected chi connectivity index (χ1v) is 7.42. The second-order valence-corrected chi connectivity index (χ2v) is 5.68. The minimum absolute atomic E-state index is 0.178. The molecule has 2 unspecified atom stereocenters. The molecule has 2 atom stereocenters. The van der Waals surface area contributed by atoms with Crippen molar-refractivity contribution >= 4 is 0 Å². The smallest absolute Gasteiger partial charge is 0.123 e. The summed E-state index contributed by atoms with van der Waals surface area (Å²) in [6, 6.07) is 7.16. The van der Waals surface area contributed by atoms with Gasteiger partial charge in [0.25, 0.3) is 0 Å². The zero-order valence-corrected chi connectivity index (χ0v) is 12.4.